The molecule has 0 radical (unpaired) electrons. The van der Waals surface area contributed by atoms with E-state index < -0.39 is 0 Å². The van der Waals surface area contributed by atoms with Gasteiger partial charge in [-0.2, -0.15) is 5.10 Å². The Kier molecular flexibility index (Phi) is 1.71. The predicted octanol–water partition coefficient (Wildman–Crippen LogP) is -0.0622. The number of amides is 1. The van der Waals surface area contributed by atoms with Crippen LogP contribution in [0.3, 0.4) is 0 Å². The Morgan fingerprint density at radius 3 is 3.15 bits per heavy atom. The Labute approximate surface area is 74.1 Å². The molecular formula is C8H8N4O. The molecule has 3 N–H and O–H groups in total. The third-order valence-electron chi connectivity index (χ3n) is 1.80. The van der Waals surface area contributed by atoms with Gasteiger partial charge in [0.1, 0.15) is 0 Å². The maximum atomic E-state index is 11.2. The quantitative estimate of drug-likeness (QED) is 0.363. The lowest BCUT2D eigenvalue weighted by Gasteiger charge is -1.95. The summed E-state index contributed by atoms with van der Waals surface area (Å²) in [7, 11) is 0. The third-order valence-corrected chi connectivity index (χ3v) is 1.80. The number of nitrogens with two attached hydrogens (primary N) is 1. The molecule has 0 atom stereocenters. The van der Waals surface area contributed by atoms with Crippen molar-refractivity contribution < 1.29 is 4.79 Å². The zero-order valence-electron chi connectivity index (χ0n) is 6.77. The van der Waals surface area contributed by atoms with Crippen molar-refractivity contribution in [1.82, 2.24) is 15.0 Å². The molecule has 2 heterocycles. The van der Waals surface area contributed by atoms with Crippen molar-refractivity contribution in [3.63, 3.8) is 0 Å². The molecular weight excluding hydrogens is 168 g/mol. The molecule has 1 amide bonds. The second-order valence-electron chi connectivity index (χ2n) is 2.56. The Balaban J connectivity index is 2.64. The highest BCUT2D eigenvalue weighted by Gasteiger charge is 2.09. The average Bonchev–Trinajstić information content (AvgIpc) is 2.60. The number of hydrogen-bond acceptors (Lipinski definition) is 3. The molecule has 0 aliphatic heterocycles. The number of nitrogens with zero attached hydrogens (tertiary/aromatic N) is 2. The molecule has 0 saturated carbocycles. The van der Waals surface area contributed by atoms with E-state index in [9.17, 15) is 4.79 Å². The van der Waals surface area contributed by atoms with Gasteiger partial charge in [0.25, 0.3) is 5.91 Å². The van der Waals surface area contributed by atoms with Gasteiger partial charge in [0.05, 0.1) is 17.3 Å². The summed E-state index contributed by atoms with van der Waals surface area (Å²) in [6.45, 7) is 0. The first-order chi connectivity index (χ1) is 6.33. The second kappa shape index (κ2) is 2.87. The van der Waals surface area contributed by atoms with Crippen LogP contribution in [0.2, 0.25) is 0 Å². The van der Waals surface area contributed by atoms with Crippen molar-refractivity contribution in [2.24, 2.45) is 5.84 Å². The first kappa shape index (κ1) is 7.75. The fourth-order valence-electron chi connectivity index (χ4n) is 1.19. The second-order valence-corrected chi connectivity index (χ2v) is 2.56. The van der Waals surface area contributed by atoms with Crippen LogP contribution in [0.1, 0.15) is 10.4 Å². The molecule has 0 aliphatic rings. The molecule has 2 aromatic rings. The Morgan fingerprint density at radius 1 is 1.54 bits per heavy atom. The van der Waals surface area contributed by atoms with Gasteiger partial charge in [0.15, 0.2) is 0 Å². The number of carbonyl (C=O) groups excluding carboxylic acids is 1. The first-order valence-corrected chi connectivity index (χ1v) is 3.76. The molecule has 0 aliphatic carbocycles. The van der Waals surface area contributed by atoms with E-state index >= 15 is 0 Å². The van der Waals surface area contributed by atoms with Gasteiger partial charge >= 0.3 is 0 Å². The maximum absolute atomic E-state index is 11.2. The number of aromatic nitrogens is 2. The highest BCUT2D eigenvalue weighted by molar-refractivity contribution is 6.00. The summed E-state index contributed by atoms with van der Waals surface area (Å²) in [6, 6.07) is 5.48. The minimum atomic E-state index is -0.332. The lowest BCUT2D eigenvalue weighted by molar-refractivity contribution is 0.0955. The van der Waals surface area contributed by atoms with Crippen LogP contribution in [0.15, 0.2) is 30.6 Å². The van der Waals surface area contributed by atoms with Crippen molar-refractivity contribution in [3.8, 4) is 0 Å². The maximum Gasteiger partial charge on any atom is 0.269 e. The van der Waals surface area contributed by atoms with Gasteiger partial charge in [0.2, 0.25) is 0 Å². The normalized spacial score (nSPS) is 10.2. The standard InChI is InChI=1S/C8H8N4O/c9-11-8(13)6-5-10-12-4-2-1-3-7(6)12/h1-5H,9H2,(H,11,13). The molecule has 0 fully saturated rings. The van der Waals surface area contributed by atoms with Gasteiger partial charge in [-0.1, -0.05) is 6.07 Å². The van der Waals surface area contributed by atoms with Gasteiger partial charge in [-0.05, 0) is 12.1 Å². The molecule has 13 heavy (non-hydrogen) atoms. The van der Waals surface area contributed by atoms with Crippen molar-refractivity contribution in [3.05, 3.63) is 36.2 Å². The number of pyridine rings is 1. The van der Waals surface area contributed by atoms with E-state index in [-0.39, 0.29) is 5.91 Å². The fourth-order valence-corrected chi connectivity index (χ4v) is 1.19. The Bertz CT molecular complexity index is 448. The molecule has 66 valence electrons. The Morgan fingerprint density at radius 2 is 2.38 bits per heavy atom. The minimum Gasteiger partial charge on any atom is -0.290 e. The van der Waals surface area contributed by atoms with Gasteiger partial charge in [0, 0.05) is 6.20 Å². The summed E-state index contributed by atoms with van der Waals surface area (Å²) in [5.74, 6) is 4.69. The van der Waals surface area contributed by atoms with Crippen molar-refractivity contribution in [2.75, 3.05) is 0 Å². The third kappa shape index (κ3) is 1.15. The number of nitrogens with one attached hydrogen (secondary N) is 1. The van der Waals surface area contributed by atoms with Crippen LogP contribution in [0, 0.1) is 0 Å². The molecule has 0 saturated heterocycles. The lowest BCUT2D eigenvalue weighted by Crippen LogP contribution is -2.29. The zero-order chi connectivity index (χ0) is 9.26. The minimum absolute atomic E-state index is 0.332. The number of nitrogen functional groups attached to an aromatic ring is 1. The summed E-state index contributed by atoms with van der Waals surface area (Å²) in [6.07, 6.45) is 3.25. The number of hydrazine groups is 1. The highest BCUT2D eigenvalue weighted by Crippen LogP contribution is 2.08. The van der Waals surface area contributed by atoms with Gasteiger partial charge in [-0.3, -0.25) is 10.2 Å². The lowest BCUT2D eigenvalue weighted by atomic mass is 10.2. The van der Waals surface area contributed by atoms with E-state index in [1.165, 1.54) is 6.20 Å². The predicted molar refractivity (Wildman–Crippen MR) is 46.8 cm³/mol. The first-order valence-electron chi connectivity index (χ1n) is 3.76. The number of carbonyl (C=O) groups is 1. The van der Waals surface area contributed by atoms with Crippen molar-refractivity contribution in [1.29, 1.82) is 0 Å². The SMILES string of the molecule is NNC(=O)c1cnn2ccccc12. The van der Waals surface area contributed by atoms with Crippen LogP contribution in [-0.2, 0) is 0 Å². The monoisotopic (exact) mass is 176 g/mol. The van der Waals surface area contributed by atoms with Crippen molar-refractivity contribution >= 4 is 11.4 Å². The van der Waals surface area contributed by atoms with Gasteiger partial charge < -0.3 is 0 Å². The summed E-state index contributed by atoms with van der Waals surface area (Å²) in [4.78, 5) is 11.2. The fraction of sp³-hybridized carbons (Fsp3) is 0. The molecule has 0 unspecified atom stereocenters. The number of rotatable bonds is 1. The largest absolute Gasteiger partial charge is 0.290 e. The van der Waals surface area contributed by atoms with E-state index in [4.69, 9.17) is 5.84 Å². The average molecular weight is 176 g/mol. The van der Waals surface area contributed by atoms with Crippen LogP contribution < -0.4 is 11.3 Å². The number of hydrogen-bond donors (Lipinski definition) is 2. The van der Waals surface area contributed by atoms with E-state index in [0.29, 0.717) is 5.56 Å². The molecule has 0 aromatic carbocycles. The molecule has 0 bridgehead atoms. The van der Waals surface area contributed by atoms with Gasteiger partial charge in [-0.25, -0.2) is 10.4 Å². The van der Waals surface area contributed by atoms with Crippen LogP contribution >= 0.6 is 0 Å². The molecule has 5 heteroatoms. The smallest absolute Gasteiger partial charge is 0.269 e. The summed E-state index contributed by atoms with van der Waals surface area (Å²) in [5.41, 5.74) is 3.28. The Hall–Kier alpha value is -1.88. The van der Waals surface area contributed by atoms with E-state index in [1.807, 2.05) is 12.1 Å². The molecule has 5 nitrogen and oxygen atoms in total. The van der Waals surface area contributed by atoms with Crippen LogP contribution in [0.5, 0.6) is 0 Å². The van der Waals surface area contributed by atoms with Crippen LogP contribution in [-0.4, -0.2) is 15.5 Å². The zero-order valence-corrected chi connectivity index (χ0v) is 6.77. The highest BCUT2D eigenvalue weighted by atomic mass is 16.2. The van der Waals surface area contributed by atoms with Crippen molar-refractivity contribution in [2.45, 2.75) is 0 Å². The topological polar surface area (TPSA) is 72.4 Å². The van der Waals surface area contributed by atoms with E-state index in [1.54, 1.807) is 16.8 Å². The van der Waals surface area contributed by atoms with Gasteiger partial charge in [-0.15, -0.1) is 0 Å². The summed E-state index contributed by atoms with van der Waals surface area (Å²) in [5, 5.41) is 3.99. The van der Waals surface area contributed by atoms with Crippen LogP contribution in [0.25, 0.3) is 5.52 Å². The number of fused-ring (bicyclic) bond motifs is 1. The van der Waals surface area contributed by atoms with E-state index in [0.717, 1.165) is 5.52 Å². The van der Waals surface area contributed by atoms with E-state index in [2.05, 4.69) is 10.5 Å². The summed E-state index contributed by atoms with van der Waals surface area (Å²) >= 11 is 0. The molecule has 0 spiro atoms. The molecule has 2 rings (SSSR count). The molecule has 2 aromatic heterocycles. The van der Waals surface area contributed by atoms with Crippen LogP contribution in [0.4, 0.5) is 0 Å². The summed E-state index contributed by atoms with van der Waals surface area (Å²) < 4.78 is 1.62.